The average molecular weight is 289 g/mol. The molecule has 0 saturated carbocycles. The van der Waals surface area contributed by atoms with Gasteiger partial charge in [-0.1, -0.05) is 0 Å². The molecule has 0 aromatic heterocycles. The van der Waals surface area contributed by atoms with Crippen molar-refractivity contribution < 1.29 is 22.7 Å². The second kappa shape index (κ2) is 5.54. The third-order valence-corrected chi connectivity index (χ3v) is 4.71. The maximum Gasteiger partial charge on any atom is 0.241 e. The average Bonchev–Trinajstić information content (AvgIpc) is 2.31. The molecule has 106 valence electrons. The number of nitrogens with one attached hydrogen (secondary N) is 1. The minimum atomic E-state index is -3.77. The monoisotopic (exact) mass is 289 g/mol. The predicted octanol–water partition coefficient (Wildman–Crippen LogP) is 0.562. The number of halogens is 1. The van der Waals surface area contributed by atoms with Crippen LogP contribution in [0.25, 0.3) is 0 Å². The third kappa shape index (κ3) is 3.30. The number of hydrogen-bond donors (Lipinski definition) is 2. The van der Waals surface area contributed by atoms with Crippen molar-refractivity contribution >= 4 is 10.0 Å². The summed E-state index contributed by atoms with van der Waals surface area (Å²) in [7, 11) is -3.77. The first-order chi connectivity index (χ1) is 8.90. The van der Waals surface area contributed by atoms with Gasteiger partial charge in [-0.2, -0.15) is 0 Å². The van der Waals surface area contributed by atoms with Crippen LogP contribution in [0.5, 0.6) is 0 Å². The van der Waals surface area contributed by atoms with Gasteiger partial charge in [-0.25, -0.2) is 17.5 Å². The molecule has 2 N–H and O–H groups in total. The van der Waals surface area contributed by atoms with Crippen LogP contribution < -0.4 is 4.72 Å². The van der Waals surface area contributed by atoms with Crippen LogP contribution in [0.4, 0.5) is 4.39 Å². The highest BCUT2D eigenvalue weighted by Gasteiger charge is 2.29. The molecule has 1 fully saturated rings. The molecule has 1 aromatic carbocycles. The Bertz CT molecular complexity index is 561. The molecule has 0 spiro atoms. The van der Waals surface area contributed by atoms with Crippen LogP contribution in [0.3, 0.4) is 0 Å². The highest BCUT2D eigenvalue weighted by atomic mass is 32.2. The van der Waals surface area contributed by atoms with E-state index in [0.29, 0.717) is 18.6 Å². The van der Waals surface area contributed by atoms with E-state index in [1.54, 1.807) is 0 Å². The van der Waals surface area contributed by atoms with Gasteiger partial charge in [0.05, 0.1) is 23.6 Å². The van der Waals surface area contributed by atoms with E-state index in [2.05, 4.69) is 4.72 Å². The van der Waals surface area contributed by atoms with Gasteiger partial charge in [0.15, 0.2) is 0 Å². The minimum Gasteiger partial charge on any atom is -0.389 e. The van der Waals surface area contributed by atoms with Crippen molar-refractivity contribution in [3.63, 3.8) is 0 Å². The van der Waals surface area contributed by atoms with Gasteiger partial charge in [-0.3, -0.25) is 0 Å². The summed E-state index contributed by atoms with van der Waals surface area (Å²) in [6, 6.07) is 2.90. The normalized spacial score (nSPS) is 24.4. The van der Waals surface area contributed by atoms with Crippen molar-refractivity contribution in [3.05, 3.63) is 29.6 Å². The van der Waals surface area contributed by atoms with Gasteiger partial charge in [0.2, 0.25) is 10.0 Å². The van der Waals surface area contributed by atoms with Gasteiger partial charge in [-0.15, -0.1) is 0 Å². The van der Waals surface area contributed by atoms with Crippen LogP contribution in [-0.2, 0) is 14.8 Å². The first kappa shape index (κ1) is 14.4. The smallest absolute Gasteiger partial charge is 0.241 e. The van der Waals surface area contributed by atoms with Crippen molar-refractivity contribution in [1.29, 1.82) is 0 Å². The largest absolute Gasteiger partial charge is 0.389 e. The summed E-state index contributed by atoms with van der Waals surface area (Å²) in [5.41, 5.74) is 0.328. The number of aliphatic hydroxyl groups excluding tert-OH is 1. The highest BCUT2D eigenvalue weighted by molar-refractivity contribution is 7.89. The summed E-state index contributed by atoms with van der Waals surface area (Å²) < 4.78 is 44.8. The lowest BCUT2D eigenvalue weighted by atomic mass is 10.1. The van der Waals surface area contributed by atoms with Crippen LogP contribution in [0.1, 0.15) is 12.0 Å². The molecule has 1 aliphatic rings. The third-order valence-electron chi connectivity index (χ3n) is 3.06. The Hall–Kier alpha value is -1.02. The number of benzene rings is 1. The van der Waals surface area contributed by atoms with E-state index in [1.165, 1.54) is 13.0 Å². The number of aliphatic hydroxyl groups is 1. The van der Waals surface area contributed by atoms with Gasteiger partial charge in [0, 0.05) is 6.61 Å². The zero-order chi connectivity index (χ0) is 14.0. The molecule has 5 nitrogen and oxygen atoms in total. The van der Waals surface area contributed by atoms with E-state index in [0.717, 1.165) is 12.1 Å². The Kier molecular flexibility index (Phi) is 4.19. The summed E-state index contributed by atoms with van der Waals surface area (Å²) in [4.78, 5) is 0.0209. The lowest BCUT2D eigenvalue weighted by Gasteiger charge is -2.28. The Labute approximate surface area is 111 Å². The first-order valence-electron chi connectivity index (χ1n) is 5.94. The topological polar surface area (TPSA) is 75.6 Å². The summed E-state index contributed by atoms with van der Waals surface area (Å²) in [5.74, 6) is -0.484. The van der Waals surface area contributed by atoms with E-state index in [4.69, 9.17) is 4.74 Å². The van der Waals surface area contributed by atoms with Crippen molar-refractivity contribution in [2.24, 2.45) is 0 Å². The predicted molar refractivity (Wildman–Crippen MR) is 66.7 cm³/mol. The summed E-state index contributed by atoms with van der Waals surface area (Å²) in [5, 5.41) is 9.68. The number of sulfonamides is 1. The lowest BCUT2D eigenvalue weighted by molar-refractivity contribution is -0.0222. The second-order valence-corrected chi connectivity index (χ2v) is 6.25. The van der Waals surface area contributed by atoms with Gasteiger partial charge in [0.1, 0.15) is 5.82 Å². The highest BCUT2D eigenvalue weighted by Crippen LogP contribution is 2.18. The van der Waals surface area contributed by atoms with E-state index in [-0.39, 0.29) is 11.5 Å². The fourth-order valence-electron chi connectivity index (χ4n) is 2.04. The quantitative estimate of drug-likeness (QED) is 0.852. The number of hydrogen-bond acceptors (Lipinski definition) is 4. The zero-order valence-electron chi connectivity index (χ0n) is 10.5. The molecule has 0 radical (unpaired) electrons. The van der Waals surface area contributed by atoms with Crippen LogP contribution >= 0.6 is 0 Å². The van der Waals surface area contributed by atoms with Crippen LogP contribution in [0.15, 0.2) is 23.1 Å². The molecule has 19 heavy (non-hydrogen) atoms. The van der Waals surface area contributed by atoms with Gasteiger partial charge >= 0.3 is 0 Å². The Morgan fingerprint density at radius 3 is 2.84 bits per heavy atom. The zero-order valence-corrected chi connectivity index (χ0v) is 11.3. The number of ether oxygens (including phenoxy) is 1. The Morgan fingerprint density at radius 1 is 1.47 bits per heavy atom. The number of rotatable bonds is 3. The molecule has 0 amide bonds. The molecule has 1 heterocycles. The van der Waals surface area contributed by atoms with E-state index < -0.39 is 28.0 Å². The molecule has 0 unspecified atom stereocenters. The van der Waals surface area contributed by atoms with Crippen molar-refractivity contribution in [2.75, 3.05) is 13.2 Å². The minimum absolute atomic E-state index is 0.0209. The standard InChI is InChI=1S/C12H16FNO4S/c1-8-6-9(13)2-3-12(8)19(16,17)14-10-4-5-18-7-11(10)15/h2-3,6,10-11,14-15H,4-5,7H2,1H3/t10-,11-/m1/s1. The Morgan fingerprint density at radius 2 is 2.21 bits per heavy atom. The molecule has 1 aliphatic heterocycles. The molecular formula is C12H16FNO4S. The van der Waals surface area contributed by atoms with E-state index in [1.807, 2.05) is 0 Å². The summed E-state index contributed by atoms with van der Waals surface area (Å²) in [6.07, 6.45) is -0.468. The van der Waals surface area contributed by atoms with E-state index >= 15 is 0 Å². The Balaban J connectivity index is 2.22. The van der Waals surface area contributed by atoms with Crippen molar-refractivity contribution in [2.45, 2.75) is 30.4 Å². The van der Waals surface area contributed by atoms with Crippen molar-refractivity contribution in [1.82, 2.24) is 4.72 Å². The SMILES string of the molecule is Cc1cc(F)ccc1S(=O)(=O)N[C@@H]1CCOC[C@H]1O. The fraction of sp³-hybridized carbons (Fsp3) is 0.500. The van der Waals surface area contributed by atoms with E-state index in [9.17, 15) is 17.9 Å². The second-order valence-electron chi connectivity index (χ2n) is 4.57. The summed E-state index contributed by atoms with van der Waals surface area (Å²) >= 11 is 0. The van der Waals surface area contributed by atoms with Crippen molar-refractivity contribution in [3.8, 4) is 0 Å². The summed E-state index contributed by atoms with van der Waals surface area (Å²) in [6.45, 7) is 2.03. The van der Waals surface area contributed by atoms with Crippen LogP contribution in [0.2, 0.25) is 0 Å². The first-order valence-corrected chi connectivity index (χ1v) is 7.43. The molecule has 0 bridgehead atoms. The van der Waals surface area contributed by atoms with Gasteiger partial charge in [-0.05, 0) is 37.1 Å². The molecule has 1 aromatic rings. The fourth-order valence-corrected chi connectivity index (χ4v) is 3.57. The lowest BCUT2D eigenvalue weighted by Crippen LogP contribution is -2.48. The molecule has 2 rings (SSSR count). The molecule has 7 heteroatoms. The molecule has 0 aliphatic carbocycles. The van der Waals surface area contributed by atoms with Crippen LogP contribution in [0, 0.1) is 12.7 Å². The maximum atomic E-state index is 13.0. The van der Waals surface area contributed by atoms with Crippen LogP contribution in [-0.4, -0.2) is 38.9 Å². The van der Waals surface area contributed by atoms with Gasteiger partial charge < -0.3 is 9.84 Å². The molecule has 2 atom stereocenters. The molecular weight excluding hydrogens is 273 g/mol. The number of aryl methyl sites for hydroxylation is 1. The molecule has 1 saturated heterocycles. The van der Waals surface area contributed by atoms with Gasteiger partial charge in [0.25, 0.3) is 0 Å². The maximum absolute atomic E-state index is 13.0.